The van der Waals surface area contributed by atoms with Crippen molar-refractivity contribution in [3.8, 4) is 0 Å². The Hall–Kier alpha value is 1.19. The van der Waals surface area contributed by atoms with Crippen LogP contribution in [0, 0.1) is 5.92 Å². The standard InChI is InChI=1S/C7H14N2.2ClH.Pt/c1-5-2-3-6(8)7(9)4-5;;;/h5-9H,2-4H2,1H3;2*1H;/q-2;;;+4/p-2. The van der Waals surface area contributed by atoms with E-state index in [9.17, 15) is 0 Å². The molecule has 0 heterocycles. The third-order valence-corrected chi connectivity index (χ3v) is 2.11. The summed E-state index contributed by atoms with van der Waals surface area (Å²) in [6, 6.07) is -0.199. The summed E-state index contributed by atoms with van der Waals surface area (Å²) in [6.45, 7) is 2.17. The van der Waals surface area contributed by atoms with Crippen molar-refractivity contribution >= 4 is 18.8 Å². The molecule has 1 aliphatic rings. The monoisotopic (exact) mass is 391 g/mol. The SMILES string of the molecule is CC1CCC([NH-])C([NH-])C1.[Cl][Pt+2][Cl]. The van der Waals surface area contributed by atoms with E-state index in [1.54, 1.807) is 0 Å². The molecule has 5 heteroatoms. The van der Waals surface area contributed by atoms with E-state index in [4.69, 9.17) is 30.3 Å². The maximum atomic E-state index is 7.42. The van der Waals surface area contributed by atoms with Crippen molar-refractivity contribution in [2.45, 2.75) is 38.3 Å². The molecule has 0 spiro atoms. The van der Waals surface area contributed by atoms with E-state index in [0.29, 0.717) is 5.92 Å². The molecular formula is C7H14Cl2N2Pt. The summed E-state index contributed by atoms with van der Waals surface area (Å²) in [5.74, 6) is 0.689. The van der Waals surface area contributed by atoms with Gasteiger partial charge in [0.25, 0.3) is 0 Å². The molecule has 1 rings (SSSR count). The van der Waals surface area contributed by atoms with Crippen molar-refractivity contribution < 1.29 is 16.5 Å². The molecule has 76 valence electrons. The van der Waals surface area contributed by atoms with Crippen LogP contribution in [-0.2, 0) is 16.5 Å². The zero-order valence-electron chi connectivity index (χ0n) is 6.93. The molecule has 0 bridgehead atoms. The van der Waals surface area contributed by atoms with Crippen LogP contribution in [0.2, 0.25) is 0 Å². The van der Waals surface area contributed by atoms with Crippen LogP contribution in [0.1, 0.15) is 26.2 Å². The molecule has 3 unspecified atom stereocenters. The predicted molar refractivity (Wildman–Crippen MR) is 50.9 cm³/mol. The van der Waals surface area contributed by atoms with Crippen LogP contribution in [0.3, 0.4) is 0 Å². The summed E-state index contributed by atoms with van der Waals surface area (Å²) in [5.41, 5.74) is 14.8. The zero-order chi connectivity index (χ0) is 9.56. The maximum absolute atomic E-state index is 7.42. The second kappa shape index (κ2) is 7.58. The molecule has 0 radical (unpaired) electrons. The van der Waals surface area contributed by atoms with Gasteiger partial charge in [0.1, 0.15) is 0 Å². The van der Waals surface area contributed by atoms with Crippen molar-refractivity contribution in [3.05, 3.63) is 11.5 Å². The topological polar surface area (TPSA) is 47.6 Å². The molecule has 1 fully saturated rings. The number of hydrogen-bond donors (Lipinski definition) is 0. The first-order valence-corrected chi connectivity index (χ1v) is 9.49. The van der Waals surface area contributed by atoms with Crippen LogP contribution in [0.15, 0.2) is 0 Å². The molecule has 1 aliphatic carbocycles. The first-order valence-electron chi connectivity index (χ1n) is 3.86. The van der Waals surface area contributed by atoms with Crippen molar-refractivity contribution in [1.29, 1.82) is 0 Å². The van der Waals surface area contributed by atoms with E-state index < -0.39 is 16.5 Å². The van der Waals surface area contributed by atoms with Crippen LogP contribution < -0.4 is 0 Å². The molecule has 1 saturated carbocycles. The van der Waals surface area contributed by atoms with Gasteiger partial charge in [0.2, 0.25) is 0 Å². The van der Waals surface area contributed by atoms with Crippen LogP contribution in [-0.4, -0.2) is 12.1 Å². The Morgan fingerprint density at radius 1 is 1.17 bits per heavy atom. The summed E-state index contributed by atoms with van der Waals surface area (Å²) in [6.07, 6.45) is 3.03. The number of halogens is 2. The molecule has 0 aliphatic heterocycles. The molecule has 0 aromatic carbocycles. The number of rotatable bonds is 0. The fraction of sp³-hybridized carbons (Fsp3) is 1.00. The first kappa shape index (κ1) is 13.2. The fourth-order valence-corrected chi connectivity index (χ4v) is 1.38. The first-order chi connectivity index (χ1) is 5.61. The summed E-state index contributed by atoms with van der Waals surface area (Å²) >= 11 is -0.472. The third kappa shape index (κ3) is 5.77. The van der Waals surface area contributed by atoms with E-state index in [1.165, 1.54) is 0 Å². The Morgan fingerprint density at radius 3 is 2.00 bits per heavy atom. The van der Waals surface area contributed by atoms with Gasteiger partial charge in [0.05, 0.1) is 0 Å². The van der Waals surface area contributed by atoms with Gasteiger partial charge in [-0.15, -0.1) is 0 Å². The van der Waals surface area contributed by atoms with Gasteiger partial charge in [-0.2, -0.15) is 12.1 Å². The van der Waals surface area contributed by atoms with Crippen LogP contribution in [0.5, 0.6) is 0 Å². The van der Waals surface area contributed by atoms with Gasteiger partial charge in [-0.25, -0.2) is 0 Å². The number of hydrogen-bond acceptors (Lipinski definition) is 0. The van der Waals surface area contributed by atoms with Crippen LogP contribution >= 0.6 is 18.8 Å². The second-order valence-corrected chi connectivity index (χ2v) is 6.46. The summed E-state index contributed by atoms with van der Waals surface area (Å²) < 4.78 is 0. The summed E-state index contributed by atoms with van der Waals surface area (Å²) in [4.78, 5) is 0. The van der Waals surface area contributed by atoms with Crippen molar-refractivity contribution in [2.24, 2.45) is 5.92 Å². The van der Waals surface area contributed by atoms with Crippen LogP contribution in [0.25, 0.3) is 11.5 Å². The Bertz CT molecular complexity index is 116. The molecule has 3 atom stereocenters. The van der Waals surface area contributed by atoms with Gasteiger partial charge < -0.3 is 11.5 Å². The average Bonchev–Trinajstić information content (AvgIpc) is 1.99. The normalized spacial score (nSPS) is 35.6. The van der Waals surface area contributed by atoms with E-state index >= 15 is 0 Å². The third-order valence-electron chi connectivity index (χ3n) is 2.11. The Morgan fingerprint density at radius 2 is 1.67 bits per heavy atom. The number of nitrogens with one attached hydrogen (secondary N) is 2. The van der Waals surface area contributed by atoms with E-state index in [1.807, 2.05) is 0 Å². The molecule has 0 aromatic heterocycles. The minimum absolute atomic E-state index is 0.0961. The van der Waals surface area contributed by atoms with Gasteiger partial charge in [-0.05, 0) is 5.92 Å². The Balaban J connectivity index is 0.000000354. The minimum atomic E-state index is -0.472. The molecule has 0 aromatic rings. The van der Waals surface area contributed by atoms with E-state index in [-0.39, 0.29) is 12.1 Å². The zero-order valence-corrected chi connectivity index (χ0v) is 10.7. The Kier molecular flexibility index (Phi) is 8.33. The molecule has 0 saturated heterocycles. The summed E-state index contributed by atoms with van der Waals surface area (Å²) in [7, 11) is 9.75. The van der Waals surface area contributed by atoms with Gasteiger partial charge in [0, 0.05) is 0 Å². The molecule has 0 amide bonds. The van der Waals surface area contributed by atoms with Crippen molar-refractivity contribution in [2.75, 3.05) is 0 Å². The van der Waals surface area contributed by atoms with Gasteiger partial charge in [-0.1, -0.05) is 26.2 Å². The van der Waals surface area contributed by atoms with Crippen LogP contribution in [0.4, 0.5) is 0 Å². The van der Waals surface area contributed by atoms with Crippen molar-refractivity contribution in [3.63, 3.8) is 0 Å². The molecule has 12 heavy (non-hydrogen) atoms. The quantitative estimate of drug-likeness (QED) is 0.598. The van der Waals surface area contributed by atoms with Crippen molar-refractivity contribution in [1.82, 2.24) is 0 Å². The van der Waals surface area contributed by atoms with Gasteiger partial charge in [-0.3, -0.25) is 0 Å². The van der Waals surface area contributed by atoms with Gasteiger partial charge >= 0.3 is 35.3 Å². The predicted octanol–water partition coefficient (Wildman–Crippen LogP) is 4.02. The Labute approximate surface area is 90.7 Å². The second-order valence-electron chi connectivity index (χ2n) is 3.18. The molecule has 2 nitrogen and oxygen atoms in total. The average molecular weight is 392 g/mol. The van der Waals surface area contributed by atoms with E-state index in [2.05, 4.69) is 6.92 Å². The molecule has 2 N–H and O–H groups in total. The van der Waals surface area contributed by atoms with Gasteiger partial charge in [0.15, 0.2) is 0 Å². The molecular weight excluding hydrogens is 378 g/mol. The summed E-state index contributed by atoms with van der Waals surface area (Å²) in [5, 5.41) is 0. The fourth-order valence-electron chi connectivity index (χ4n) is 1.38. The van der Waals surface area contributed by atoms with E-state index in [0.717, 1.165) is 19.3 Å².